The fourth-order valence-electron chi connectivity index (χ4n) is 4.78. The van der Waals surface area contributed by atoms with E-state index in [0.717, 1.165) is 16.5 Å². The highest BCUT2D eigenvalue weighted by Gasteiger charge is 2.70. The number of amides is 2. The molecule has 0 N–H and O–H groups in total. The van der Waals surface area contributed by atoms with Gasteiger partial charge in [0.25, 0.3) is 0 Å². The molecular formula is C26H27F3N2O4. The molecule has 2 heterocycles. The molecular weight excluding hydrogens is 461 g/mol. The Labute approximate surface area is 201 Å². The molecule has 0 saturated carbocycles. The first kappa shape index (κ1) is 24.6. The minimum Gasteiger partial charge on any atom is -0.497 e. The van der Waals surface area contributed by atoms with Crippen molar-refractivity contribution in [2.24, 2.45) is 0 Å². The lowest BCUT2D eigenvalue weighted by molar-refractivity contribution is -0.212. The van der Waals surface area contributed by atoms with Crippen LogP contribution in [0, 0.1) is 0 Å². The highest BCUT2D eigenvalue weighted by Crippen LogP contribution is 2.57. The van der Waals surface area contributed by atoms with Gasteiger partial charge >= 0.3 is 18.2 Å². The lowest BCUT2D eigenvalue weighted by atomic mass is 9.78. The number of benzene rings is 2. The number of hydrogen-bond acceptors (Lipinski definition) is 4. The summed E-state index contributed by atoms with van der Waals surface area (Å²) in [7, 11) is 1.53. The average Bonchev–Trinajstić information content (AvgIpc) is 3.24. The maximum Gasteiger partial charge on any atom is 0.420 e. The smallest absolute Gasteiger partial charge is 0.420 e. The van der Waals surface area contributed by atoms with E-state index in [1.54, 1.807) is 30.3 Å². The summed E-state index contributed by atoms with van der Waals surface area (Å²) in [6, 6.07) is 10.9. The highest BCUT2D eigenvalue weighted by molar-refractivity contribution is 6.02. The Balaban J connectivity index is 1.93. The number of halogens is 3. The molecule has 0 spiro atoms. The number of carbonyl (C=O) groups excluding carboxylic acids is 2. The number of esters is 1. The summed E-state index contributed by atoms with van der Waals surface area (Å²) in [6.07, 6.45) is -3.81. The van der Waals surface area contributed by atoms with E-state index in [1.165, 1.54) is 31.1 Å². The predicted molar refractivity (Wildman–Crippen MR) is 124 cm³/mol. The number of ether oxygens (including phenoxy) is 2. The first-order chi connectivity index (χ1) is 16.6. The van der Waals surface area contributed by atoms with E-state index in [0.29, 0.717) is 11.3 Å². The van der Waals surface area contributed by atoms with Crippen molar-refractivity contribution in [1.82, 2.24) is 4.90 Å². The first-order valence-electron chi connectivity index (χ1n) is 11.4. The molecule has 0 aromatic heterocycles. The second-order valence-corrected chi connectivity index (χ2v) is 8.81. The number of rotatable bonds is 6. The Morgan fingerprint density at radius 3 is 2.40 bits per heavy atom. The predicted octanol–water partition coefficient (Wildman–Crippen LogP) is 5.52. The molecule has 2 aromatic rings. The van der Waals surface area contributed by atoms with E-state index in [9.17, 15) is 9.59 Å². The van der Waals surface area contributed by atoms with Gasteiger partial charge in [-0.15, -0.1) is 0 Å². The quantitative estimate of drug-likeness (QED) is 0.503. The minimum atomic E-state index is -4.96. The molecule has 2 aliphatic rings. The van der Waals surface area contributed by atoms with Crippen molar-refractivity contribution in [3.05, 3.63) is 70.8 Å². The van der Waals surface area contributed by atoms with Crippen LogP contribution in [0.25, 0.3) is 0 Å². The van der Waals surface area contributed by atoms with Crippen LogP contribution < -0.4 is 9.64 Å². The van der Waals surface area contributed by atoms with Gasteiger partial charge in [0.05, 0.1) is 31.5 Å². The lowest BCUT2D eigenvalue weighted by Crippen LogP contribution is -2.64. The standard InChI is InChI=1S/C26H27F3N2O4/c1-5-35-23(32)20-12-13-31-24(33)30(15-17-6-9-19(34-4)10-7-17)22-11-8-18(16(2)3)14-21(22)25(20,31)26(27,28)29/h6-12,14,16H,5,13,15H2,1-4H3. The van der Waals surface area contributed by atoms with Crippen LogP contribution in [0.2, 0.25) is 0 Å². The summed E-state index contributed by atoms with van der Waals surface area (Å²) in [5.74, 6) is -0.521. The molecule has 186 valence electrons. The van der Waals surface area contributed by atoms with Crippen molar-refractivity contribution in [3.8, 4) is 5.75 Å². The Morgan fingerprint density at radius 2 is 1.83 bits per heavy atom. The third kappa shape index (κ3) is 3.83. The Kier molecular flexibility index (Phi) is 6.29. The number of urea groups is 1. The Bertz CT molecular complexity index is 1170. The molecule has 1 unspecified atom stereocenters. The molecule has 0 aliphatic carbocycles. The van der Waals surface area contributed by atoms with Gasteiger partial charge in [0.2, 0.25) is 0 Å². The van der Waals surface area contributed by atoms with Gasteiger partial charge in [-0.1, -0.05) is 44.2 Å². The van der Waals surface area contributed by atoms with Crippen molar-refractivity contribution in [1.29, 1.82) is 0 Å². The Hall–Kier alpha value is -3.49. The van der Waals surface area contributed by atoms with E-state index in [4.69, 9.17) is 9.47 Å². The van der Waals surface area contributed by atoms with Gasteiger partial charge in [-0.05, 0) is 42.2 Å². The van der Waals surface area contributed by atoms with Crippen LogP contribution in [0.4, 0.5) is 23.7 Å². The molecule has 0 radical (unpaired) electrons. The summed E-state index contributed by atoms with van der Waals surface area (Å²) < 4.78 is 55.4. The van der Waals surface area contributed by atoms with Gasteiger partial charge in [-0.25, -0.2) is 9.59 Å². The number of methoxy groups -OCH3 is 1. The molecule has 35 heavy (non-hydrogen) atoms. The largest absolute Gasteiger partial charge is 0.497 e. The van der Waals surface area contributed by atoms with Crippen LogP contribution in [0.1, 0.15) is 43.4 Å². The molecule has 0 saturated heterocycles. The molecule has 6 nitrogen and oxygen atoms in total. The number of hydrogen-bond donors (Lipinski definition) is 0. The SMILES string of the molecule is CCOC(=O)C1=CCN2C(=O)N(Cc3ccc(OC)cc3)c3ccc(C(C)C)cc3C12C(F)(F)F. The number of alkyl halides is 3. The molecule has 2 aliphatic heterocycles. The van der Waals surface area contributed by atoms with Gasteiger partial charge in [-0.2, -0.15) is 13.2 Å². The molecule has 0 fully saturated rings. The van der Waals surface area contributed by atoms with Crippen molar-refractivity contribution in [3.63, 3.8) is 0 Å². The van der Waals surface area contributed by atoms with Crippen molar-refractivity contribution >= 4 is 17.7 Å². The van der Waals surface area contributed by atoms with Crippen molar-refractivity contribution in [2.75, 3.05) is 25.2 Å². The molecule has 0 bridgehead atoms. The van der Waals surface area contributed by atoms with Gasteiger partial charge in [0.15, 0.2) is 5.54 Å². The van der Waals surface area contributed by atoms with E-state index in [-0.39, 0.29) is 36.9 Å². The van der Waals surface area contributed by atoms with Crippen LogP contribution in [0.15, 0.2) is 54.1 Å². The van der Waals surface area contributed by atoms with Crippen LogP contribution in [-0.4, -0.2) is 43.3 Å². The maximum atomic E-state index is 15.1. The third-order valence-corrected chi connectivity index (χ3v) is 6.51. The van der Waals surface area contributed by atoms with E-state index in [2.05, 4.69) is 0 Å². The second kappa shape index (κ2) is 8.94. The van der Waals surface area contributed by atoms with Crippen molar-refractivity contribution < 1.29 is 32.2 Å². The monoisotopic (exact) mass is 488 g/mol. The summed E-state index contributed by atoms with van der Waals surface area (Å²) in [6.45, 7) is 4.88. The zero-order valence-electron chi connectivity index (χ0n) is 20.0. The van der Waals surface area contributed by atoms with Gasteiger partial charge < -0.3 is 9.47 Å². The minimum absolute atomic E-state index is 0.0516. The van der Waals surface area contributed by atoms with Crippen molar-refractivity contribution in [2.45, 2.75) is 44.9 Å². The number of carbonyl (C=O) groups is 2. The lowest BCUT2D eigenvalue weighted by Gasteiger charge is -2.49. The topological polar surface area (TPSA) is 59.1 Å². The molecule has 9 heteroatoms. The summed E-state index contributed by atoms with van der Waals surface area (Å²) >= 11 is 0. The van der Waals surface area contributed by atoms with Gasteiger partial charge in [0, 0.05) is 12.1 Å². The second-order valence-electron chi connectivity index (χ2n) is 8.81. The Morgan fingerprint density at radius 1 is 1.14 bits per heavy atom. The first-order valence-corrected chi connectivity index (χ1v) is 11.4. The molecule has 2 aromatic carbocycles. The number of nitrogens with zero attached hydrogens (tertiary/aromatic N) is 2. The maximum absolute atomic E-state index is 15.1. The zero-order valence-corrected chi connectivity index (χ0v) is 20.0. The normalized spacial score (nSPS) is 19.4. The van der Waals surface area contributed by atoms with Crippen LogP contribution in [-0.2, 0) is 21.6 Å². The summed E-state index contributed by atoms with van der Waals surface area (Å²) in [5.41, 5.74) is -2.16. The molecule has 2 amide bonds. The molecule has 4 rings (SSSR count). The van der Waals surface area contributed by atoms with E-state index >= 15 is 13.2 Å². The fraction of sp³-hybridized carbons (Fsp3) is 0.385. The fourth-order valence-corrected chi connectivity index (χ4v) is 4.78. The summed E-state index contributed by atoms with van der Waals surface area (Å²) in [4.78, 5) is 28.5. The van der Waals surface area contributed by atoms with E-state index in [1.807, 2.05) is 13.8 Å². The number of fused-ring (bicyclic) bond motifs is 3. The van der Waals surface area contributed by atoms with Gasteiger partial charge in [-0.3, -0.25) is 9.80 Å². The highest BCUT2D eigenvalue weighted by atomic mass is 19.4. The van der Waals surface area contributed by atoms with Gasteiger partial charge in [0.1, 0.15) is 5.75 Å². The van der Waals surface area contributed by atoms with Crippen LogP contribution in [0.3, 0.4) is 0 Å². The molecule has 1 atom stereocenters. The third-order valence-electron chi connectivity index (χ3n) is 6.51. The van der Waals surface area contributed by atoms with Crippen LogP contribution in [0.5, 0.6) is 5.75 Å². The number of anilines is 1. The zero-order chi connectivity index (χ0) is 25.5. The van der Waals surface area contributed by atoms with E-state index < -0.39 is 29.3 Å². The average molecular weight is 489 g/mol. The summed E-state index contributed by atoms with van der Waals surface area (Å²) in [5, 5.41) is 0. The van der Waals surface area contributed by atoms with Crippen LogP contribution >= 0.6 is 0 Å².